The molecule has 0 bridgehead atoms. The van der Waals surface area contributed by atoms with Crippen molar-refractivity contribution in [3.8, 4) is 0 Å². The number of benzene rings is 1. The van der Waals surface area contributed by atoms with E-state index in [4.69, 9.17) is 0 Å². The standard InChI is InChI=1S/C19H26N4O2/c1-14-4-3-5-16-18(14)21-13-23(19(16)25)12-17(24)22-10-7-15(8-11-22)6-9-20-2/h3-5,13,15,20H,6-12H2,1-2H3. The molecule has 6 nitrogen and oxygen atoms in total. The molecule has 1 N–H and O–H groups in total. The van der Waals surface area contributed by atoms with Crippen LogP contribution < -0.4 is 10.9 Å². The van der Waals surface area contributed by atoms with Gasteiger partial charge in [-0.2, -0.15) is 0 Å². The zero-order valence-electron chi connectivity index (χ0n) is 15.0. The van der Waals surface area contributed by atoms with Gasteiger partial charge >= 0.3 is 0 Å². The molecular weight excluding hydrogens is 316 g/mol. The highest BCUT2D eigenvalue weighted by Crippen LogP contribution is 2.20. The highest BCUT2D eigenvalue weighted by molar-refractivity contribution is 5.81. The van der Waals surface area contributed by atoms with Crippen molar-refractivity contribution in [2.75, 3.05) is 26.7 Å². The minimum absolute atomic E-state index is 0.00275. The topological polar surface area (TPSA) is 67.2 Å². The van der Waals surface area contributed by atoms with E-state index in [0.29, 0.717) is 16.8 Å². The Morgan fingerprint density at radius 2 is 2.08 bits per heavy atom. The zero-order chi connectivity index (χ0) is 17.8. The third-order valence-corrected chi connectivity index (χ3v) is 5.13. The summed E-state index contributed by atoms with van der Waals surface area (Å²) in [5, 5.41) is 3.75. The van der Waals surface area contributed by atoms with E-state index in [-0.39, 0.29) is 18.0 Å². The predicted molar refractivity (Wildman–Crippen MR) is 98.6 cm³/mol. The maximum Gasteiger partial charge on any atom is 0.261 e. The number of nitrogens with zero attached hydrogens (tertiary/aromatic N) is 3. The minimum Gasteiger partial charge on any atom is -0.341 e. The van der Waals surface area contributed by atoms with Crippen molar-refractivity contribution in [3.05, 3.63) is 40.4 Å². The van der Waals surface area contributed by atoms with Gasteiger partial charge in [0.2, 0.25) is 5.91 Å². The normalized spacial score (nSPS) is 15.7. The van der Waals surface area contributed by atoms with Gasteiger partial charge in [-0.05, 0) is 57.3 Å². The Balaban J connectivity index is 1.67. The van der Waals surface area contributed by atoms with Gasteiger partial charge in [0, 0.05) is 13.1 Å². The molecule has 6 heteroatoms. The molecule has 1 aliphatic heterocycles. The number of piperidine rings is 1. The first kappa shape index (κ1) is 17.6. The Bertz CT molecular complexity index is 807. The van der Waals surface area contributed by atoms with Crippen LogP contribution in [0.3, 0.4) is 0 Å². The summed E-state index contributed by atoms with van der Waals surface area (Å²) in [4.78, 5) is 31.4. The molecule has 134 valence electrons. The number of hydrogen-bond donors (Lipinski definition) is 1. The molecule has 0 spiro atoms. The third-order valence-electron chi connectivity index (χ3n) is 5.13. The van der Waals surface area contributed by atoms with Gasteiger partial charge in [-0.15, -0.1) is 0 Å². The number of para-hydroxylation sites is 1. The summed E-state index contributed by atoms with van der Waals surface area (Å²) in [6.45, 7) is 4.58. The van der Waals surface area contributed by atoms with Crippen molar-refractivity contribution < 1.29 is 4.79 Å². The minimum atomic E-state index is -0.147. The van der Waals surface area contributed by atoms with Gasteiger partial charge in [0.05, 0.1) is 17.2 Å². The van der Waals surface area contributed by atoms with Crippen molar-refractivity contribution in [2.24, 2.45) is 5.92 Å². The lowest BCUT2D eigenvalue weighted by molar-refractivity contribution is -0.133. The molecule has 3 rings (SSSR count). The summed E-state index contributed by atoms with van der Waals surface area (Å²) in [5.41, 5.74) is 1.53. The van der Waals surface area contributed by atoms with E-state index in [1.807, 2.05) is 31.0 Å². The lowest BCUT2D eigenvalue weighted by atomic mass is 9.93. The fourth-order valence-corrected chi connectivity index (χ4v) is 3.52. The number of carbonyl (C=O) groups is 1. The number of amides is 1. The van der Waals surface area contributed by atoms with Crippen LogP contribution in [0.2, 0.25) is 0 Å². The number of likely N-dealkylation sites (tertiary alicyclic amines) is 1. The molecule has 0 saturated carbocycles. The van der Waals surface area contributed by atoms with Gasteiger partial charge in [0.1, 0.15) is 6.54 Å². The Morgan fingerprint density at radius 3 is 2.80 bits per heavy atom. The van der Waals surface area contributed by atoms with Gasteiger partial charge < -0.3 is 10.2 Å². The molecule has 2 heterocycles. The molecule has 2 aromatic rings. The fourth-order valence-electron chi connectivity index (χ4n) is 3.52. The summed E-state index contributed by atoms with van der Waals surface area (Å²) in [6, 6.07) is 5.55. The predicted octanol–water partition coefficient (Wildman–Crippen LogP) is 1.55. The van der Waals surface area contributed by atoms with Crippen molar-refractivity contribution in [2.45, 2.75) is 32.7 Å². The van der Waals surface area contributed by atoms with Crippen molar-refractivity contribution >= 4 is 16.8 Å². The van der Waals surface area contributed by atoms with Crippen molar-refractivity contribution in [3.63, 3.8) is 0 Å². The smallest absolute Gasteiger partial charge is 0.261 e. The molecule has 25 heavy (non-hydrogen) atoms. The number of rotatable bonds is 5. The highest BCUT2D eigenvalue weighted by atomic mass is 16.2. The SMILES string of the molecule is CNCCC1CCN(C(=O)Cn2cnc3c(C)cccc3c2=O)CC1. The molecule has 1 aromatic carbocycles. The van der Waals surface area contributed by atoms with E-state index in [2.05, 4.69) is 10.3 Å². The van der Waals surface area contributed by atoms with Crippen LogP contribution in [0.1, 0.15) is 24.8 Å². The quantitative estimate of drug-likeness (QED) is 0.895. The Morgan fingerprint density at radius 1 is 1.32 bits per heavy atom. The summed E-state index contributed by atoms with van der Waals surface area (Å²) >= 11 is 0. The molecule has 1 aromatic heterocycles. The number of carbonyl (C=O) groups excluding carboxylic acids is 1. The van der Waals surface area contributed by atoms with Gasteiger partial charge in [-0.1, -0.05) is 12.1 Å². The Hall–Kier alpha value is -2.21. The van der Waals surface area contributed by atoms with Gasteiger partial charge in [0.15, 0.2) is 0 Å². The molecule has 0 radical (unpaired) electrons. The maximum absolute atomic E-state index is 12.6. The molecule has 1 fully saturated rings. The first-order valence-corrected chi connectivity index (χ1v) is 8.97. The Kier molecular flexibility index (Phi) is 5.48. The third kappa shape index (κ3) is 3.90. The molecule has 0 atom stereocenters. The molecule has 1 aliphatic rings. The Labute approximate surface area is 147 Å². The van der Waals surface area contributed by atoms with Crippen LogP contribution in [0.4, 0.5) is 0 Å². The number of aromatic nitrogens is 2. The summed E-state index contributed by atoms with van der Waals surface area (Å²) < 4.78 is 1.43. The van der Waals surface area contributed by atoms with Crippen LogP contribution in [0.15, 0.2) is 29.3 Å². The average Bonchev–Trinajstić information content (AvgIpc) is 2.63. The molecule has 1 amide bonds. The van der Waals surface area contributed by atoms with Crippen LogP contribution in [-0.4, -0.2) is 47.0 Å². The highest BCUT2D eigenvalue weighted by Gasteiger charge is 2.23. The van der Waals surface area contributed by atoms with Gasteiger partial charge in [-0.3, -0.25) is 14.2 Å². The van der Waals surface area contributed by atoms with Crippen LogP contribution in [0.5, 0.6) is 0 Å². The lowest BCUT2D eigenvalue weighted by Gasteiger charge is -2.32. The maximum atomic E-state index is 12.6. The lowest BCUT2D eigenvalue weighted by Crippen LogP contribution is -2.42. The van der Waals surface area contributed by atoms with E-state index in [9.17, 15) is 9.59 Å². The van der Waals surface area contributed by atoms with Crippen LogP contribution in [0.25, 0.3) is 10.9 Å². The van der Waals surface area contributed by atoms with E-state index < -0.39 is 0 Å². The van der Waals surface area contributed by atoms with Crippen LogP contribution >= 0.6 is 0 Å². The summed E-state index contributed by atoms with van der Waals surface area (Å²) in [6.07, 6.45) is 4.73. The first-order valence-electron chi connectivity index (χ1n) is 8.97. The number of hydrogen-bond acceptors (Lipinski definition) is 4. The van der Waals surface area contributed by atoms with E-state index in [1.54, 1.807) is 6.07 Å². The van der Waals surface area contributed by atoms with E-state index in [0.717, 1.165) is 44.5 Å². The second kappa shape index (κ2) is 7.78. The van der Waals surface area contributed by atoms with Crippen molar-refractivity contribution in [1.82, 2.24) is 19.8 Å². The summed E-state index contributed by atoms with van der Waals surface area (Å²) in [7, 11) is 1.97. The first-order chi connectivity index (χ1) is 12.1. The number of aryl methyl sites for hydroxylation is 1. The number of nitrogens with one attached hydrogen (secondary N) is 1. The monoisotopic (exact) mass is 342 g/mol. The van der Waals surface area contributed by atoms with Crippen LogP contribution in [-0.2, 0) is 11.3 Å². The summed E-state index contributed by atoms with van der Waals surface area (Å²) in [5.74, 6) is 0.688. The molecule has 0 aliphatic carbocycles. The van der Waals surface area contributed by atoms with Gasteiger partial charge in [0.25, 0.3) is 5.56 Å². The van der Waals surface area contributed by atoms with E-state index >= 15 is 0 Å². The fraction of sp³-hybridized carbons (Fsp3) is 0.526. The van der Waals surface area contributed by atoms with E-state index in [1.165, 1.54) is 10.9 Å². The second-order valence-electron chi connectivity index (χ2n) is 6.87. The average molecular weight is 342 g/mol. The molecule has 0 unspecified atom stereocenters. The van der Waals surface area contributed by atoms with Crippen molar-refractivity contribution in [1.29, 1.82) is 0 Å². The molecule has 1 saturated heterocycles. The molecular formula is C19H26N4O2. The zero-order valence-corrected chi connectivity index (χ0v) is 15.0. The van der Waals surface area contributed by atoms with Gasteiger partial charge in [-0.25, -0.2) is 4.98 Å². The number of fused-ring (bicyclic) bond motifs is 1. The largest absolute Gasteiger partial charge is 0.341 e. The second-order valence-corrected chi connectivity index (χ2v) is 6.87. The van der Waals surface area contributed by atoms with Crippen LogP contribution in [0, 0.1) is 12.8 Å².